The third-order valence-corrected chi connectivity index (χ3v) is 5.02. The third kappa shape index (κ3) is 3.54. The highest BCUT2D eigenvalue weighted by Crippen LogP contribution is 2.33. The zero-order valence-corrected chi connectivity index (χ0v) is 15.5. The number of nitrogens with one attached hydrogen (secondary N) is 1. The van der Waals surface area contributed by atoms with Crippen LogP contribution in [0.5, 0.6) is 11.5 Å². The fourth-order valence-electron chi connectivity index (χ4n) is 2.69. The lowest BCUT2D eigenvalue weighted by Gasteiger charge is -2.05. The number of hydrogen-bond donors (Lipinski definition) is 1. The summed E-state index contributed by atoms with van der Waals surface area (Å²) in [6.45, 7) is 0. The number of ether oxygens (including phenoxy) is 2. The van der Waals surface area contributed by atoms with Gasteiger partial charge in [0.05, 0.1) is 36.3 Å². The van der Waals surface area contributed by atoms with Crippen LogP contribution >= 0.6 is 11.3 Å². The second-order valence-corrected chi connectivity index (χ2v) is 6.82. The molecule has 0 amide bonds. The predicted octanol–water partition coefficient (Wildman–Crippen LogP) is 5.26. The van der Waals surface area contributed by atoms with Crippen molar-refractivity contribution in [3.63, 3.8) is 0 Å². The van der Waals surface area contributed by atoms with Gasteiger partial charge in [-0.15, -0.1) is 0 Å². The van der Waals surface area contributed by atoms with E-state index in [1.807, 2.05) is 24.3 Å². The Bertz CT molecular complexity index is 1110. The van der Waals surface area contributed by atoms with Crippen molar-refractivity contribution >= 4 is 32.4 Å². The standard InChI is InChI=1S/C20H16FN3O2S/c1-25-14-4-6-17(16(21)9-14)23-20-24-18-5-3-12(8-19(18)27-20)13-7-15(26-2)11-22-10-13/h3-11H,1-2H3,(H,23,24). The first kappa shape index (κ1) is 17.2. The summed E-state index contributed by atoms with van der Waals surface area (Å²) in [5, 5.41) is 3.66. The van der Waals surface area contributed by atoms with E-state index in [1.165, 1.54) is 24.5 Å². The topological polar surface area (TPSA) is 56.3 Å². The van der Waals surface area contributed by atoms with Crippen LogP contribution in [0.3, 0.4) is 0 Å². The molecule has 0 saturated heterocycles. The van der Waals surface area contributed by atoms with Gasteiger partial charge >= 0.3 is 0 Å². The molecular formula is C20H16FN3O2S. The summed E-state index contributed by atoms with van der Waals surface area (Å²) in [5.41, 5.74) is 3.17. The van der Waals surface area contributed by atoms with Gasteiger partial charge in [-0.1, -0.05) is 17.4 Å². The van der Waals surface area contributed by atoms with E-state index in [4.69, 9.17) is 9.47 Å². The maximum Gasteiger partial charge on any atom is 0.188 e. The Hall–Kier alpha value is -3.19. The van der Waals surface area contributed by atoms with Crippen molar-refractivity contribution in [2.24, 2.45) is 0 Å². The average molecular weight is 381 g/mol. The number of nitrogens with zero attached hydrogens (tertiary/aromatic N) is 2. The highest BCUT2D eigenvalue weighted by Gasteiger charge is 2.10. The molecule has 4 rings (SSSR count). The third-order valence-electron chi connectivity index (χ3n) is 4.09. The van der Waals surface area contributed by atoms with E-state index in [9.17, 15) is 4.39 Å². The van der Waals surface area contributed by atoms with Gasteiger partial charge in [0.1, 0.15) is 17.3 Å². The minimum atomic E-state index is -0.392. The molecule has 0 atom stereocenters. The van der Waals surface area contributed by atoms with Gasteiger partial charge in [0.2, 0.25) is 0 Å². The highest BCUT2D eigenvalue weighted by atomic mass is 32.1. The van der Waals surface area contributed by atoms with E-state index in [1.54, 1.807) is 31.6 Å². The molecule has 0 aliphatic carbocycles. The lowest BCUT2D eigenvalue weighted by Crippen LogP contribution is -1.94. The zero-order valence-electron chi connectivity index (χ0n) is 14.7. The van der Waals surface area contributed by atoms with Crippen LogP contribution in [0.2, 0.25) is 0 Å². The molecule has 2 aromatic carbocycles. The van der Waals surface area contributed by atoms with Gasteiger partial charge in [-0.25, -0.2) is 9.37 Å². The summed E-state index contributed by atoms with van der Waals surface area (Å²) in [6.07, 6.45) is 3.46. The molecule has 136 valence electrons. The summed E-state index contributed by atoms with van der Waals surface area (Å²) < 4.78 is 25.4. The zero-order chi connectivity index (χ0) is 18.8. The van der Waals surface area contributed by atoms with Gasteiger partial charge in [0, 0.05) is 17.8 Å². The van der Waals surface area contributed by atoms with Crippen LogP contribution in [0.25, 0.3) is 21.3 Å². The summed E-state index contributed by atoms with van der Waals surface area (Å²) >= 11 is 1.46. The number of methoxy groups -OCH3 is 2. The molecule has 1 N–H and O–H groups in total. The lowest BCUT2D eigenvalue weighted by atomic mass is 10.1. The first-order valence-corrected chi connectivity index (χ1v) is 8.98. The molecule has 0 unspecified atom stereocenters. The van der Waals surface area contributed by atoms with Crippen LogP contribution in [0, 0.1) is 5.82 Å². The van der Waals surface area contributed by atoms with Crippen molar-refractivity contribution in [1.82, 2.24) is 9.97 Å². The van der Waals surface area contributed by atoms with Gasteiger partial charge in [0.15, 0.2) is 5.13 Å². The van der Waals surface area contributed by atoms with Crippen LogP contribution < -0.4 is 14.8 Å². The maximum absolute atomic E-state index is 14.2. The van der Waals surface area contributed by atoms with E-state index in [0.717, 1.165) is 21.3 Å². The van der Waals surface area contributed by atoms with Crippen molar-refractivity contribution in [2.45, 2.75) is 0 Å². The number of pyridine rings is 1. The monoisotopic (exact) mass is 381 g/mol. The second kappa shape index (κ2) is 7.20. The Kier molecular flexibility index (Phi) is 4.60. The van der Waals surface area contributed by atoms with Crippen molar-refractivity contribution < 1.29 is 13.9 Å². The molecule has 0 aliphatic rings. The number of thiazole rings is 1. The molecule has 0 radical (unpaired) electrons. The van der Waals surface area contributed by atoms with Crippen molar-refractivity contribution in [3.8, 4) is 22.6 Å². The summed E-state index contributed by atoms with van der Waals surface area (Å²) in [6, 6.07) is 12.6. The number of fused-ring (bicyclic) bond motifs is 1. The van der Waals surface area contributed by atoms with E-state index < -0.39 is 5.82 Å². The molecule has 2 aromatic heterocycles. The number of hydrogen-bond acceptors (Lipinski definition) is 6. The van der Waals surface area contributed by atoms with Crippen LogP contribution in [0.4, 0.5) is 15.2 Å². The molecule has 27 heavy (non-hydrogen) atoms. The van der Waals surface area contributed by atoms with Gasteiger partial charge < -0.3 is 14.8 Å². The van der Waals surface area contributed by atoms with E-state index in [-0.39, 0.29) is 0 Å². The van der Waals surface area contributed by atoms with Gasteiger partial charge in [-0.05, 0) is 35.9 Å². The van der Waals surface area contributed by atoms with Crippen molar-refractivity contribution in [2.75, 3.05) is 19.5 Å². The van der Waals surface area contributed by atoms with Crippen LogP contribution in [-0.4, -0.2) is 24.2 Å². The molecule has 7 heteroatoms. The molecule has 2 heterocycles. The predicted molar refractivity (Wildman–Crippen MR) is 106 cm³/mol. The quantitative estimate of drug-likeness (QED) is 0.511. The van der Waals surface area contributed by atoms with E-state index in [2.05, 4.69) is 15.3 Å². The SMILES string of the molecule is COc1cncc(-c2ccc3nc(Nc4ccc(OC)cc4F)sc3c2)c1. The maximum atomic E-state index is 14.2. The van der Waals surface area contributed by atoms with E-state index >= 15 is 0 Å². The Morgan fingerprint density at radius 1 is 0.926 bits per heavy atom. The Labute approximate surface area is 159 Å². The number of benzene rings is 2. The molecule has 5 nitrogen and oxygen atoms in total. The van der Waals surface area contributed by atoms with Crippen molar-refractivity contribution in [1.29, 1.82) is 0 Å². The molecule has 0 aliphatic heterocycles. The molecule has 0 spiro atoms. The molecule has 4 aromatic rings. The van der Waals surface area contributed by atoms with Gasteiger partial charge in [-0.2, -0.15) is 0 Å². The molecule has 0 bridgehead atoms. The summed E-state index contributed by atoms with van der Waals surface area (Å²) in [4.78, 5) is 8.72. The first-order chi connectivity index (χ1) is 13.2. The normalized spacial score (nSPS) is 10.8. The fraction of sp³-hybridized carbons (Fsp3) is 0.100. The Morgan fingerprint density at radius 3 is 2.56 bits per heavy atom. The Morgan fingerprint density at radius 2 is 1.78 bits per heavy atom. The minimum absolute atomic E-state index is 0.354. The summed E-state index contributed by atoms with van der Waals surface area (Å²) in [5.74, 6) is 0.782. The van der Waals surface area contributed by atoms with Crippen LogP contribution in [0.15, 0.2) is 54.9 Å². The van der Waals surface area contributed by atoms with E-state index in [0.29, 0.717) is 22.3 Å². The first-order valence-electron chi connectivity index (χ1n) is 8.17. The van der Waals surface area contributed by atoms with Crippen LogP contribution in [-0.2, 0) is 0 Å². The number of aromatic nitrogens is 2. The molecule has 0 saturated carbocycles. The number of halogens is 1. The van der Waals surface area contributed by atoms with Crippen molar-refractivity contribution in [3.05, 3.63) is 60.7 Å². The highest BCUT2D eigenvalue weighted by molar-refractivity contribution is 7.22. The number of rotatable bonds is 5. The number of anilines is 2. The second-order valence-electron chi connectivity index (χ2n) is 5.79. The summed E-state index contributed by atoms with van der Waals surface area (Å²) in [7, 11) is 3.12. The average Bonchev–Trinajstić information content (AvgIpc) is 3.11. The fourth-order valence-corrected chi connectivity index (χ4v) is 3.60. The van der Waals surface area contributed by atoms with Gasteiger partial charge in [-0.3, -0.25) is 4.98 Å². The van der Waals surface area contributed by atoms with Crippen LogP contribution in [0.1, 0.15) is 0 Å². The largest absolute Gasteiger partial charge is 0.497 e. The minimum Gasteiger partial charge on any atom is -0.497 e. The molecular weight excluding hydrogens is 365 g/mol. The van der Waals surface area contributed by atoms with Gasteiger partial charge in [0.25, 0.3) is 0 Å². The Balaban J connectivity index is 1.64. The smallest absolute Gasteiger partial charge is 0.188 e. The molecule has 0 fully saturated rings. The lowest BCUT2D eigenvalue weighted by molar-refractivity contribution is 0.411.